The second-order valence-electron chi connectivity index (χ2n) is 8.79. The molecule has 0 bridgehead atoms. The Hall–Kier alpha value is -2.29. The van der Waals surface area contributed by atoms with Crippen molar-refractivity contribution in [3.8, 4) is 5.75 Å². The quantitative estimate of drug-likeness (QED) is 0.328. The van der Waals surface area contributed by atoms with E-state index in [9.17, 15) is 30.7 Å². The molecule has 1 aliphatic rings. The molecule has 2 nitrogen and oxygen atoms in total. The maximum Gasteiger partial charge on any atom is 0.573 e. The van der Waals surface area contributed by atoms with Crippen LogP contribution in [-0.4, -0.2) is 12.5 Å². The molecule has 0 heterocycles. The van der Waals surface area contributed by atoms with Crippen LogP contribution in [0.5, 0.6) is 5.75 Å². The van der Waals surface area contributed by atoms with Gasteiger partial charge in [0.2, 0.25) is 5.75 Å². The van der Waals surface area contributed by atoms with E-state index in [1.165, 1.54) is 25.7 Å². The first-order valence-electron chi connectivity index (χ1n) is 11.3. The summed E-state index contributed by atoms with van der Waals surface area (Å²) in [6.45, 7) is 1.76. The molecular formula is C25H27F7O2. The predicted molar refractivity (Wildman–Crippen MR) is 113 cm³/mol. The number of rotatable bonds is 9. The molecule has 2 aromatic rings. The minimum absolute atomic E-state index is 0.367. The first kappa shape index (κ1) is 26.3. The fourth-order valence-corrected chi connectivity index (χ4v) is 4.48. The zero-order chi connectivity index (χ0) is 24.9. The van der Waals surface area contributed by atoms with Crippen LogP contribution in [0.4, 0.5) is 30.7 Å². The Morgan fingerprint density at radius 3 is 1.97 bits per heavy atom. The molecule has 0 saturated heterocycles. The molecule has 0 aromatic heterocycles. The number of benzene rings is 2. The van der Waals surface area contributed by atoms with Crippen molar-refractivity contribution in [3.63, 3.8) is 0 Å². The highest BCUT2D eigenvalue weighted by atomic mass is 19.4. The van der Waals surface area contributed by atoms with Gasteiger partial charge in [-0.2, -0.15) is 8.78 Å². The second kappa shape index (κ2) is 11.0. The highest BCUT2D eigenvalue weighted by Gasteiger charge is 2.35. The standard InChI is InChI=1S/C25H27F7O2/c1-2-3-16-4-8-19(9-5-16)20-10-6-17(7-11-20)15-33-24(28,29)14-18-12-21(26)23(22(27)13-18)34-25(30,31)32/h6-7,10-13,16,19H,2-5,8-9,14-15H2,1H3. The summed E-state index contributed by atoms with van der Waals surface area (Å²) in [5, 5.41) is 0. The molecule has 0 spiro atoms. The summed E-state index contributed by atoms with van der Waals surface area (Å²) in [6.07, 6.45) is -3.27. The van der Waals surface area contributed by atoms with E-state index >= 15 is 0 Å². The number of hydrogen-bond donors (Lipinski definition) is 0. The largest absolute Gasteiger partial charge is 0.573 e. The molecule has 1 fully saturated rings. The molecule has 0 amide bonds. The fourth-order valence-electron chi connectivity index (χ4n) is 4.48. The van der Waals surface area contributed by atoms with Crippen molar-refractivity contribution in [1.82, 2.24) is 0 Å². The average Bonchev–Trinajstić information content (AvgIpc) is 2.75. The maximum absolute atomic E-state index is 14.2. The van der Waals surface area contributed by atoms with Gasteiger partial charge in [-0.3, -0.25) is 0 Å². The van der Waals surface area contributed by atoms with Crippen LogP contribution in [0.3, 0.4) is 0 Å². The van der Waals surface area contributed by atoms with Gasteiger partial charge in [0.15, 0.2) is 11.6 Å². The van der Waals surface area contributed by atoms with Crippen molar-refractivity contribution in [2.45, 2.75) is 76.9 Å². The lowest BCUT2D eigenvalue weighted by atomic mass is 9.77. The maximum atomic E-state index is 14.2. The van der Waals surface area contributed by atoms with Crippen LogP contribution in [0.15, 0.2) is 36.4 Å². The zero-order valence-electron chi connectivity index (χ0n) is 18.7. The lowest BCUT2D eigenvalue weighted by Gasteiger charge is -2.28. The second-order valence-corrected chi connectivity index (χ2v) is 8.79. The first-order chi connectivity index (χ1) is 16.0. The molecule has 188 valence electrons. The van der Waals surface area contributed by atoms with Crippen molar-refractivity contribution in [1.29, 1.82) is 0 Å². The van der Waals surface area contributed by atoms with Gasteiger partial charge < -0.3 is 9.47 Å². The predicted octanol–water partition coefficient (Wildman–Crippen LogP) is 8.29. The van der Waals surface area contributed by atoms with E-state index in [4.69, 9.17) is 0 Å². The Labute approximate surface area is 194 Å². The average molecular weight is 492 g/mol. The smallest absolute Gasteiger partial charge is 0.399 e. The summed E-state index contributed by atoms with van der Waals surface area (Å²) in [5.74, 6) is -3.92. The normalized spacial score (nSPS) is 19.3. The molecule has 0 N–H and O–H groups in total. The molecule has 0 unspecified atom stereocenters. The zero-order valence-corrected chi connectivity index (χ0v) is 18.7. The van der Waals surface area contributed by atoms with Gasteiger partial charge in [-0.05, 0) is 66.3 Å². The third-order valence-electron chi connectivity index (χ3n) is 6.13. The molecule has 1 aliphatic carbocycles. The van der Waals surface area contributed by atoms with Crippen molar-refractivity contribution in [3.05, 3.63) is 64.7 Å². The van der Waals surface area contributed by atoms with Crippen molar-refractivity contribution in [2.24, 2.45) is 5.92 Å². The fraction of sp³-hybridized carbons (Fsp3) is 0.520. The van der Waals surface area contributed by atoms with E-state index < -0.39 is 48.4 Å². The minimum atomic E-state index is -5.32. The Morgan fingerprint density at radius 2 is 1.44 bits per heavy atom. The van der Waals surface area contributed by atoms with Gasteiger partial charge in [0, 0.05) is 0 Å². The Kier molecular flexibility index (Phi) is 8.49. The summed E-state index contributed by atoms with van der Waals surface area (Å²) < 4.78 is 101. The molecule has 2 aromatic carbocycles. The topological polar surface area (TPSA) is 18.5 Å². The molecule has 0 aliphatic heterocycles. The first-order valence-corrected chi connectivity index (χ1v) is 11.3. The number of ether oxygens (including phenoxy) is 2. The van der Waals surface area contributed by atoms with Gasteiger partial charge in [-0.1, -0.05) is 44.0 Å². The van der Waals surface area contributed by atoms with Crippen molar-refractivity contribution >= 4 is 0 Å². The van der Waals surface area contributed by atoms with Crippen LogP contribution in [0.1, 0.15) is 68.1 Å². The Bertz CT molecular complexity index is 910. The summed E-state index contributed by atoms with van der Waals surface area (Å²) in [5.41, 5.74) is 1.11. The summed E-state index contributed by atoms with van der Waals surface area (Å²) >= 11 is 0. The van der Waals surface area contributed by atoms with Gasteiger partial charge in [0.05, 0.1) is 13.0 Å². The molecular weight excluding hydrogens is 465 g/mol. The van der Waals surface area contributed by atoms with Gasteiger partial charge in [0.1, 0.15) is 0 Å². The highest BCUT2D eigenvalue weighted by molar-refractivity contribution is 5.32. The summed E-state index contributed by atoms with van der Waals surface area (Å²) in [6, 6.07) is 7.98. The molecule has 0 radical (unpaired) electrons. The molecule has 0 atom stereocenters. The molecule has 9 heteroatoms. The van der Waals surface area contributed by atoms with Gasteiger partial charge in [-0.15, -0.1) is 13.2 Å². The Morgan fingerprint density at radius 1 is 0.853 bits per heavy atom. The number of hydrogen-bond acceptors (Lipinski definition) is 2. The van der Waals surface area contributed by atoms with Crippen LogP contribution in [0.25, 0.3) is 0 Å². The third-order valence-corrected chi connectivity index (χ3v) is 6.13. The summed E-state index contributed by atoms with van der Waals surface area (Å²) in [7, 11) is 0. The van der Waals surface area contributed by atoms with Crippen molar-refractivity contribution in [2.75, 3.05) is 0 Å². The van der Waals surface area contributed by atoms with E-state index in [0.29, 0.717) is 23.6 Å². The molecule has 3 rings (SSSR count). The molecule has 34 heavy (non-hydrogen) atoms. The lowest BCUT2D eigenvalue weighted by molar-refractivity contribution is -0.276. The number of halogens is 7. The van der Waals surface area contributed by atoms with E-state index in [2.05, 4.69) is 16.4 Å². The van der Waals surface area contributed by atoms with E-state index in [1.807, 2.05) is 12.1 Å². The lowest BCUT2D eigenvalue weighted by Crippen LogP contribution is -2.24. The van der Waals surface area contributed by atoms with Gasteiger partial charge >= 0.3 is 12.5 Å². The van der Waals surface area contributed by atoms with Crippen LogP contribution >= 0.6 is 0 Å². The minimum Gasteiger partial charge on any atom is -0.399 e. The monoisotopic (exact) mass is 492 g/mol. The van der Waals surface area contributed by atoms with Gasteiger partial charge in [-0.25, -0.2) is 8.78 Å². The van der Waals surface area contributed by atoms with Crippen LogP contribution in [0, 0.1) is 17.6 Å². The SMILES string of the molecule is CCCC1CCC(c2ccc(COC(F)(F)Cc3cc(F)c(OC(F)(F)F)c(F)c3)cc2)CC1. The van der Waals surface area contributed by atoms with Crippen LogP contribution in [-0.2, 0) is 17.8 Å². The number of alkyl halides is 5. The van der Waals surface area contributed by atoms with Crippen molar-refractivity contribution < 1.29 is 40.2 Å². The van der Waals surface area contributed by atoms with Gasteiger partial charge in [0.25, 0.3) is 0 Å². The highest BCUT2D eigenvalue weighted by Crippen LogP contribution is 2.37. The Balaban J connectivity index is 1.55. The third kappa shape index (κ3) is 7.61. The van der Waals surface area contributed by atoms with Crippen LogP contribution in [0.2, 0.25) is 0 Å². The molecule has 1 saturated carbocycles. The van der Waals surface area contributed by atoms with E-state index in [0.717, 1.165) is 24.3 Å². The van der Waals surface area contributed by atoms with E-state index in [1.54, 1.807) is 12.1 Å². The van der Waals surface area contributed by atoms with Crippen LogP contribution < -0.4 is 4.74 Å². The summed E-state index contributed by atoms with van der Waals surface area (Å²) in [4.78, 5) is 0. The van der Waals surface area contributed by atoms with E-state index in [-0.39, 0.29) is 0 Å².